The minimum atomic E-state index is -1.06. The lowest BCUT2D eigenvalue weighted by atomic mass is 9.94. The Morgan fingerprint density at radius 1 is 0.976 bits per heavy atom. The van der Waals surface area contributed by atoms with Crippen LogP contribution in [0.25, 0.3) is 21.2 Å². The van der Waals surface area contributed by atoms with Gasteiger partial charge in [-0.2, -0.15) is 0 Å². The van der Waals surface area contributed by atoms with Crippen LogP contribution in [-0.4, -0.2) is 27.9 Å². The van der Waals surface area contributed by atoms with Gasteiger partial charge in [-0.05, 0) is 96.6 Å². The maximum atomic E-state index is 11.9. The average Bonchev–Trinajstić information content (AvgIpc) is 3.38. The summed E-state index contributed by atoms with van der Waals surface area (Å²) in [7, 11) is 0. The zero-order valence-corrected chi connectivity index (χ0v) is 24.5. The monoisotopic (exact) mass is 584 g/mol. The summed E-state index contributed by atoms with van der Waals surface area (Å²) >= 11 is 2.43. The molecule has 1 aliphatic heterocycles. The molecule has 0 unspecified atom stereocenters. The van der Waals surface area contributed by atoms with Crippen LogP contribution >= 0.6 is 23.1 Å². The fourth-order valence-corrected chi connectivity index (χ4v) is 6.37. The molecule has 0 saturated carbocycles. The lowest BCUT2D eigenvalue weighted by Crippen LogP contribution is -2.47. The van der Waals surface area contributed by atoms with Crippen molar-refractivity contribution in [3.63, 3.8) is 0 Å². The van der Waals surface area contributed by atoms with E-state index >= 15 is 0 Å². The number of thiophene rings is 1. The first kappa shape index (κ1) is 28.5. The molecule has 208 valence electrons. The number of aliphatic carboxylic acids is 1. The van der Waals surface area contributed by atoms with Gasteiger partial charge in [0, 0.05) is 15.6 Å². The van der Waals surface area contributed by atoms with Gasteiger partial charge in [0.1, 0.15) is 30.1 Å². The SMILES string of the molecule is CC#C[C@@H](CC(=O)O)c1ccc(OCc2ccc3scc(-c4ccc(OCC5(C)C(=O)SC5=O)cc4C)c3c2)cc1. The smallest absolute Gasteiger partial charge is 0.304 e. The van der Waals surface area contributed by atoms with E-state index in [0.29, 0.717) is 18.1 Å². The summed E-state index contributed by atoms with van der Waals surface area (Å²) < 4.78 is 13.1. The highest BCUT2D eigenvalue weighted by Gasteiger charge is 2.53. The van der Waals surface area contributed by atoms with Crippen LogP contribution in [0.4, 0.5) is 0 Å². The van der Waals surface area contributed by atoms with E-state index in [2.05, 4.69) is 35.4 Å². The van der Waals surface area contributed by atoms with Crippen LogP contribution in [-0.2, 0) is 21.0 Å². The summed E-state index contributed by atoms with van der Waals surface area (Å²) in [4.78, 5) is 34.9. The molecule has 1 N–H and O–H groups in total. The van der Waals surface area contributed by atoms with E-state index in [9.17, 15) is 19.5 Å². The molecule has 8 heteroatoms. The van der Waals surface area contributed by atoms with Crippen LogP contribution in [0.1, 0.15) is 42.9 Å². The molecule has 41 heavy (non-hydrogen) atoms. The highest BCUT2D eigenvalue weighted by molar-refractivity contribution is 8.29. The number of thioether (sulfide) groups is 1. The first-order valence-corrected chi connectivity index (χ1v) is 14.7. The topological polar surface area (TPSA) is 89.9 Å². The maximum absolute atomic E-state index is 11.9. The second-order valence-corrected chi connectivity index (χ2v) is 12.0. The Labute approximate surface area is 246 Å². The quantitative estimate of drug-likeness (QED) is 0.155. The van der Waals surface area contributed by atoms with E-state index in [-0.39, 0.29) is 29.2 Å². The van der Waals surface area contributed by atoms with Gasteiger partial charge in [0.05, 0.1) is 12.3 Å². The van der Waals surface area contributed by atoms with Gasteiger partial charge in [0.2, 0.25) is 10.2 Å². The summed E-state index contributed by atoms with van der Waals surface area (Å²) in [6, 6.07) is 19.6. The zero-order valence-electron chi connectivity index (χ0n) is 22.9. The number of carbonyl (C=O) groups is 3. The highest BCUT2D eigenvalue weighted by Crippen LogP contribution is 2.42. The molecule has 0 bridgehead atoms. The van der Waals surface area contributed by atoms with Crippen LogP contribution < -0.4 is 9.47 Å². The summed E-state index contributed by atoms with van der Waals surface area (Å²) in [5.41, 5.74) is 4.05. The van der Waals surface area contributed by atoms with Crippen molar-refractivity contribution in [1.82, 2.24) is 0 Å². The van der Waals surface area contributed by atoms with Crippen LogP contribution in [0.5, 0.6) is 11.5 Å². The Morgan fingerprint density at radius 3 is 2.37 bits per heavy atom. The van der Waals surface area contributed by atoms with E-state index < -0.39 is 11.4 Å². The van der Waals surface area contributed by atoms with Crippen molar-refractivity contribution in [2.24, 2.45) is 5.41 Å². The third-order valence-electron chi connectivity index (χ3n) is 7.13. The average molecular weight is 585 g/mol. The number of carboxylic acid groups (broad SMARTS) is 1. The molecule has 0 aliphatic carbocycles. The van der Waals surface area contributed by atoms with Crippen molar-refractivity contribution >= 4 is 49.4 Å². The van der Waals surface area contributed by atoms with Crippen molar-refractivity contribution < 1.29 is 29.0 Å². The molecule has 0 spiro atoms. The molecule has 0 amide bonds. The number of hydrogen-bond donors (Lipinski definition) is 1. The van der Waals surface area contributed by atoms with Crippen molar-refractivity contribution in [3.05, 3.63) is 82.7 Å². The number of fused-ring (bicyclic) bond motifs is 1. The Hall–Kier alpha value is -4.06. The first-order valence-electron chi connectivity index (χ1n) is 13.1. The van der Waals surface area contributed by atoms with Gasteiger partial charge in [0.15, 0.2) is 0 Å². The maximum Gasteiger partial charge on any atom is 0.304 e. The van der Waals surface area contributed by atoms with Crippen molar-refractivity contribution in [2.75, 3.05) is 6.61 Å². The highest BCUT2D eigenvalue weighted by atomic mass is 32.2. The molecule has 6 nitrogen and oxygen atoms in total. The second kappa shape index (κ2) is 11.8. The Bertz CT molecular complexity index is 1690. The van der Waals surface area contributed by atoms with Crippen LogP contribution in [0, 0.1) is 24.2 Å². The number of benzene rings is 3. The molecular weight excluding hydrogens is 556 g/mol. The predicted octanol–water partition coefficient (Wildman–Crippen LogP) is 7.22. The lowest BCUT2D eigenvalue weighted by molar-refractivity contribution is -0.137. The molecule has 0 radical (unpaired) electrons. The van der Waals surface area contributed by atoms with E-state index in [4.69, 9.17) is 9.47 Å². The third kappa shape index (κ3) is 6.02. The number of carbonyl (C=O) groups excluding carboxylic acids is 2. The largest absolute Gasteiger partial charge is 0.492 e. The van der Waals surface area contributed by atoms with Gasteiger partial charge >= 0.3 is 5.97 Å². The number of ether oxygens (including phenoxy) is 2. The van der Waals surface area contributed by atoms with Crippen molar-refractivity contribution in [1.29, 1.82) is 0 Å². The molecule has 1 aliphatic rings. The number of carboxylic acids is 1. The van der Waals surface area contributed by atoms with Crippen molar-refractivity contribution in [3.8, 4) is 34.5 Å². The standard InChI is InChI=1S/C33H28O6S2/c1-4-5-23(16-30(34)35)22-7-9-24(10-8-22)38-17-21-6-13-29-27(15-21)28(18-40-29)26-12-11-25(14-20(26)2)39-19-33(3)31(36)41-32(33)37/h6-15,18,23H,16-17,19H2,1-3H3,(H,34,35)/t23-/m0/s1. The van der Waals surface area contributed by atoms with Gasteiger partial charge in [-0.15, -0.1) is 17.3 Å². The number of hydrogen-bond acceptors (Lipinski definition) is 7. The van der Waals surface area contributed by atoms with Crippen LogP contribution in [0.15, 0.2) is 66.0 Å². The first-order chi connectivity index (χ1) is 19.7. The summed E-state index contributed by atoms with van der Waals surface area (Å²) in [5.74, 6) is 5.87. The molecule has 1 saturated heterocycles. The van der Waals surface area contributed by atoms with Gasteiger partial charge < -0.3 is 14.6 Å². The van der Waals surface area contributed by atoms with E-state index in [1.54, 1.807) is 25.2 Å². The minimum absolute atomic E-state index is 0.0413. The summed E-state index contributed by atoms with van der Waals surface area (Å²) in [6.07, 6.45) is -0.0417. The lowest BCUT2D eigenvalue weighted by Gasteiger charge is -2.32. The normalized spacial score (nSPS) is 14.6. The summed E-state index contributed by atoms with van der Waals surface area (Å²) in [6.45, 7) is 5.78. The van der Waals surface area contributed by atoms with Crippen LogP contribution in [0.2, 0.25) is 0 Å². The Balaban J connectivity index is 1.28. The van der Waals surface area contributed by atoms with Gasteiger partial charge in [-0.25, -0.2) is 0 Å². The third-order valence-corrected chi connectivity index (χ3v) is 9.36. The van der Waals surface area contributed by atoms with Gasteiger partial charge in [0.25, 0.3) is 0 Å². The van der Waals surface area contributed by atoms with Gasteiger partial charge in [-0.1, -0.05) is 30.2 Å². The Morgan fingerprint density at radius 2 is 1.71 bits per heavy atom. The summed E-state index contributed by atoms with van der Waals surface area (Å²) in [5, 5.41) is 12.2. The molecule has 1 aromatic heterocycles. The van der Waals surface area contributed by atoms with Gasteiger partial charge in [-0.3, -0.25) is 14.4 Å². The Kier molecular flexibility index (Phi) is 8.20. The molecule has 1 fully saturated rings. The second-order valence-electron chi connectivity index (χ2n) is 10.2. The minimum Gasteiger partial charge on any atom is -0.492 e. The fraction of sp³-hybridized carbons (Fsp3) is 0.242. The van der Waals surface area contributed by atoms with E-state index in [1.807, 2.05) is 49.4 Å². The van der Waals surface area contributed by atoms with E-state index in [0.717, 1.165) is 45.0 Å². The molecular formula is C33H28O6S2. The fourth-order valence-electron chi connectivity index (χ4n) is 4.66. The van der Waals surface area contributed by atoms with Crippen LogP contribution in [0.3, 0.4) is 0 Å². The molecule has 4 aromatic rings. The predicted molar refractivity (Wildman–Crippen MR) is 162 cm³/mol. The molecule has 3 aromatic carbocycles. The molecule has 5 rings (SSSR count). The molecule has 1 atom stereocenters. The zero-order chi connectivity index (χ0) is 29.1. The number of aryl methyl sites for hydroxylation is 1. The van der Waals surface area contributed by atoms with E-state index in [1.165, 1.54) is 4.70 Å². The number of rotatable bonds is 10. The van der Waals surface area contributed by atoms with Crippen molar-refractivity contribution in [2.45, 2.75) is 39.7 Å². The molecule has 2 heterocycles.